The maximum absolute atomic E-state index is 13.1. The van der Waals surface area contributed by atoms with Crippen molar-refractivity contribution >= 4 is 21.8 Å². The van der Waals surface area contributed by atoms with E-state index in [1.807, 2.05) is 0 Å². The maximum atomic E-state index is 13.1. The maximum Gasteiger partial charge on any atom is 0.221 e. The van der Waals surface area contributed by atoms with E-state index in [9.17, 15) is 18.0 Å². The quantitative estimate of drug-likeness (QED) is 0.646. The predicted octanol–water partition coefficient (Wildman–Crippen LogP) is 1.89. The van der Waals surface area contributed by atoms with Crippen LogP contribution in [0.25, 0.3) is 0 Å². The Morgan fingerprint density at radius 2 is 1.93 bits per heavy atom. The second kappa shape index (κ2) is 4.00. The summed E-state index contributed by atoms with van der Waals surface area (Å²) in [6.45, 7) is 0. The van der Waals surface area contributed by atoms with Crippen molar-refractivity contribution in [1.29, 1.82) is 0 Å². The van der Waals surface area contributed by atoms with Crippen LogP contribution in [-0.4, -0.2) is 5.91 Å². The molecule has 1 aromatic rings. The van der Waals surface area contributed by atoms with Gasteiger partial charge in [-0.05, 0) is 22.0 Å². The van der Waals surface area contributed by atoms with Crippen molar-refractivity contribution in [1.82, 2.24) is 0 Å². The fourth-order valence-electron chi connectivity index (χ4n) is 0.938. The molecule has 6 heteroatoms. The summed E-state index contributed by atoms with van der Waals surface area (Å²) < 4.78 is 38.0. The van der Waals surface area contributed by atoms with Gasteiger partial charge in [-0.15, -0.1) is 0 Å². The number of halogens is 4. The van der Waals surface area contributed by atoms with Gasteiger partial charge in [0.2, 0.25) is 5.91 Å². The predicted molar refractivity (Wildman–Crippen MR) is 46.9 cm³/mol. The summed E-state index contributed by atoms with van der Waals surface area (Å²) in [4.78, 5) is 10.5. The number of benzene rings is 1. The molecule has 14 heavy (non-hydrogen) atoms. The van der Waals surface area contributed by atoms with Gasteiger partial charge < -0.3 is 5.73 Å². The lowest BCUT2D eigenvalue weighted by Gasteiger charge is -2.04. The molecule has 0 radical (unpaired) electrons. The second-order valence-corrected chi connectivity index (χ2v) is 3.40. The van der Waals surface area contributed by atoms with E-state index in [2.05, 4.69) is 15.9 Å². The molecule has 1 rings (SSSR count). The third kappa shape index (κ3) is 2.06. The summed E-state index contributed by atoms with van der Waals surface area (Å²) in [6, 6.07) is 0.611. The van der Waals surface area contributed by atoms with Gasteiger partial charge in [0.05, 0.1) is 10.9 Å². The van der Waals surface area contributed by atoms with Gasteiger partial charge >= 0.3 is 0 Å². The van der Waals surface area contributed by atoms with Gasteiger partial charge in [0.1, 0.15) is 5.82 Å². The largest absolute Gasteiger partial charge is 0.369 e. The summed E-state index contributed by atoms with van der Waals surface area (Å²) in [7, 11) is 0. The Bertz CT molecular complexity index is 395. The van der Waals surface area contributed by atoms with Gasteiger partial charge in [-0.1, -0.05) is 0 Å². The van der Waals surface area contributed by atoms with E-state index >= 15 is 0 Å². The topological polar surface area (TPSA) is 43.1 Å². The highest BCUT2D eigenvalue weighted by molar-refractivity contribution is 9.10. The number of hydrogen-bond acceptors (Lipinski definition) is 1. The number of primary amides is 1. The third-order valence-electron chi connectivity index (χ3n) is 1.54. The highest BCUT2D eigenvalue weighted by Crippen LogP contribution is 2.25. The smallest absolute Gasteiger partial charge is 0.221 e. The van der Waals surface area contributed by atoms with Crippen LogP contribution < -0.4 is 5.73 Å². The molecule has 0 saturated heterocycles. The van der Waals surface area contributed by atoms with Crippen LogP contribution in [0.1, 0.15) is 5.56 Å². The number of nitrogens with two attached hydrogens (primary N) is 1. The van der Waals surface area contributed by atoms with Gasteiger partial charge in [-0.2, -0.15) is 0 Å². The van der Waals surface area contributed by atoms with Crippen LogP contribution in [0.5, 0.6) is 0 Å². The molecule has 0 atom stereocenters. The molecule has 0 fully saturated rings. The molecule has 0 aliphatic carbocycles. The lowest BCUT2D eigenvalue weighted by Crippen LogP contribution is -2.15. The fraction of sp³-hybridized carbons (Fsp3) is 0.125. The molecule has 1 aromatic carbocycles. The monoisotopic (exact) mass is 267 g/mol. The Morgan fingerprint density at radius 1 is 1.36 bits per heavy atom. The van der Waals surface area contributed by atoms with Gasteiger partial charge in [0, 0.05) is 5.56 Å². The first-order valence-electron chi connectivity index (χ1n) is 3.53. The zero-order valence-electron chi connectivity index (χ0n) is 6.78. The Balaban J connectivity index is 3.25. The van der Waals surface area contributed by atoms with Crippen LogP contribution >= 0.6 is 15.9 Å². The Hall–Kier alpha value is -1.04. The Labute approximate surface area is 86.0 Å². The highest BCUT2D eigenvalue weighted by atomic mass is 79.9. The van der Waals surface area contributed by atoms with E-state index in [0.717, 1.165) is 0 Å². The highest BCUT2D eigenvalue weighted by Gasteiger charge is 2.17. The Morgan fingerprint density at radius 3 is 2.43 bits per heavy atom. The van der Waals surface area contributed by atoms with Crippen LogP contribution in [0.4, 0.5) is 13.2 Å². The first kappa shape index (κ1) is 11.0. The van der Waals surface area contributed by atoms with E-state index in [1.54, 1.807) is 0 Å². The third-order valence-corrected chi connectivity index (χ3v) is 2.24. The summed E-state index contributed by atoms with van der Waals surface area (Å²) in [6.07, 6.45) is -0.471. The molecule has 0 aromatic heterocycles. The molecule has 2 N–H and O–H groups in total. The molecule has 2 nitrogen and oxygen atoms in total. The summed E-state index contributed by atoms with van der Waals surface area (Å²) in [5.74, 6) is -4.38. The Kier molecular flexibility index (Phi) is 3.15. The normalized spacial score (nSPS) is 10.3. The van der Waals surface area contributed by atoms with E-state index in [4.69, 9.17) is 5.73 Å². The summed E-state index contributed by atoms with van der Waals surface area (Å²) in [5.41, 5.74) is 4.52. The van der Waals surface area contributed by atoms with Crippen LogP contribution in [0.15, 0.2) is 10.5 Å². The van der Waals surface area contributed by atoms with Crippen LogP contribution in [0, 0.1) is 17.5 Å². The molecule has 0 aliphatic heterocycles. The van der Waals surface area contributed by atoms with Gasteiger partial charge in [-0.25, -0.2) is 13.2 Å². The van der Waals surface area contributed by atoms with E-state index in [1.165, 1.54) is 0 Å². The molecular formula is C8H5BrF3NO. The molecule has 0 bridgehead atoms. The molecule has 0 spiro atoms. The molecule has 0 unspecified atom stereocenters. The average molecular weight is 268 g/mol. The fourth-order valence-corrected chi connectivity index (χ4v) is 1.38. The molecule has 76 valence electrons. The number of rotatable bonds is 2. The van der Waals surface area contributed by atoms with Gasteiger partial charge in [0.15, 0.2) is 11.6 Å². The van der Waals surface area contributed by atoms with Gasteiger partial charge in [0.25, 0.3) is 0 Å². The average Bonchev–Trinajstić information content (AvgIpc) is 2.10. The SMILES string of the molecule is NC(=O)Cc1cc(F)c(F)c(Br)c1F. The van der Waals surface area contributed by atoms with Crippen molar-refractivity contribution in [3.8, 4) is 0 Å². The first-order chi connectivity index (χ1) is 6.43. The number of carbonyl (C=O) groups excluding carboxylic acids is 1. The summed E-state index contributed by atoms with van der Waals surface area (Å²) in [5, 5.41) is 0. The number of carbonyl (C=O) groups is 1. The molecule has 0 heterocycles. The van der Waals surface area contributed by atoms with Crippen LogP contribution in [0.2, 0.25) is 0 Å². The van der Waals surface area contributed by atoms with E-state index in [0.29, 0.717) is 6.07 Å². The summed E-state index contributed by atoms with van der Waals surface area (Å²) >= 11 is 2.53. The minimum absolute atomic E-state index is 0.275. The minimum atomic E-state index is -1.32. The van der Waals surface area contributed by atoms with E-state index < -0.39 is 34.3 Å². The number of hydrogen-bond donors (Lipinski definition) is 1. The lowest BCUT2D eigenvalue weighted by atomic mass is 10.1. The lowest BCUT2D eigenvalue weighted by molar-refractivity contribution is -0.117. The van der Waals surface area contributed by atoms with E-state index in [-0.39, 0.29) is 5.56 Å². The van der Waals surface area contributed by atoms with Gasteiger partial charge in [-0.3, -0.25) is 4.79 Å². The standard InChI is InChI=1S/C8H5BrF3NO/c9-6-7(11)3(2-5(13)14)1-4(10)8(6)12/h1H,2H2,(H2,13,14). The second-order valence-electron chi connectivity index (χ2n) is 2.60. The molecule has 0 aliphatic rings. The number of amides is 1. The first-order valence-corrected chi connectivity index (χ1v) is 4.33. The minimum Gasteiger partial charge on any atom is -0.369 e. The van der Waals surface area contributed by atoms with Crippen molar-refractivity contribution < 1.29 is 18.0 Å². The van der Waals surface area contributed by atoms with Crippen molar-refractivity contribution in [3.63, 3.8) is 0 Å². The van der Waals surface area contributed by atoms with Crippen molar-refractivity contribution in [3.05, 3.63) is 33.6 Å². The zero-order valence-corrected chi connectivity index (χ0v) is 8.37. The zero-order chi connectivity index (χ0) is 10.9. The van der Waals surface area contributed by atoms with Crippen molar-refractivity contribution in [2.24, 2.45) is 5.73 Å². The van der Waals surface area contributed by atoms with Crippen LogP contribution in [0.3, 0.4) is 0 Å². The molecule has 1 amide bonds. The van der Waals surface area contributed by atoms with Crippen LogP contribution in [-0.2, 0) is 11.2 Å². The van der Waals surface area contributed by atoms with Crippen molar-refractivity contribution in [2.75, 3.05) is 0 Å². The molecular weight excluding hydrogens is 263 g/mol. The van der Waals surface area contributed by atoms with Crippen molar-refractivity contribution in [2.45, 2.75) is 6.42 Å². The molecule has 0 saturated carbocycles.